The van der Waals surface area contributed by atoms with Gasteiger partial charge in [0.15, 0.2) is 0 Å². The number of nitrogens with one attached hydrogen (secondary N) is 1. The second-order valence-corrected chi connectivity index (χ2v) is 6.34. The molecule has 1 atom stereocenters. The maximum Gasteiger partial charge on any atom is 0.0588 e. The van der Waals surface area contributed by atoms with Crippen molar-refractivity contribution in [1.29, 1.82) is 0 Å². The van der Waals surface area contributed by atoms with E-state index in [1.807, 2.05) is 6.07 Å². The van der Waals surface area contributed by atoms with Gasteiger partial charge < -0.3 is 5.32 Å². The number of hydrogen-bond donors (Lipinski definition) is 1. The van der Waals surface area contributed by atoms with Crippen molar-refractivity contribution in [3.05, 3.63) is 68.1 Å². The number of rotatable bonds is 4. The van der Waals surface area contributed by atoms with Crippen molar-refractivity contribution in [3.8, 4) is 0 Å². The lowest BCUT2D eigenvalue weighted by Crippen LogP contribution is -2.22. The first-order valence-electron chi connectivity index (χ1n) is 6.36. The average molecular weight is 383 g/mol. The summed E-state index contributed by atoms with van der Waals surface area (Å²) in [6, 6.07) is 15.2. The molecule has 1 nitrogen and oxygen atoms in total. The van der Waals surface area contributed by atoms with Gasteiger partial charge in [-0.2, -0.15) is 0 Å². The number of halogens is 2. The Kier molecular flexibility index (Phi) is 5.20. The third-order valence-corrected chi connectivity index (χ3v) is 4.30. The van der Waals surface area contributed by atoms with E-state index in [0.717, 1.165) is 15.5 Å². The van der Waals surface area contributed by atoms with Crippen LogP contribution in [0.15, 0.2) is 51.4 Å². The number of aryl methyl sites for hydroxylation is 1. The van der Waals surface area contributed by atoms with Crippen LogP contribution in [0.5, 0.6) is 0 Å². The highest BCUT2D eigenvalue weighted by Gasteiger charge is 2.16. The third-order valence-electron chi connectivity index (χ3n) is 3.09. The third kappa shape index (κ3) is 3.68. The molecule has 2 rings (SSSR count). The van der Waals surface area contributed by atoms with E-state index >= 15 is 0 Å². The fourth-order valence-electron chi connectivity index (χ4n) is 2.11. The molecular weight excluding hydrogens is 366 g/mol. The minimum absolute atomic E-state index is 0.206. The van der Waals surface area contributed by atoms with Crippen LogP contribution in [0, 0.1) is 6.92 Å². The molecule has 2 aromatic rings. The van der Waals surface area contributed by atoms with Crippen LogP contribution in [-0.2, 0) is 0 Å². The van der Waals surface area contributed by atoms with Crippen molar-refractivity contribution in [2.45, 2.75) is 19.9 Å². The number of benzene rings is 2. The minimum atomic E-state index is 0.206. The quantitative estimate of drug-likeness (QED) is 0.764. The Bertz CT molecular complexity index is 549. The monoisotopic (exact) mass is 381 g/mol. The van der Waals surface area contributed by atoms with Crippen molar-refractivity contribution >= 4 is 31.9 Å². The highest BCUT2D eigenvalue weighted by atomic mass is 79.9. The van der Waals surface area contributed by atoms with E-state index in [0.29, 0.717) is 0 Å². The SMILES string of the molecule is CCNC(c1ccc(C)cc1)c1cc(Br)ccc1Br. The van der Waals surface area contributed by atoms with Gasteiger partial charge in [-0.3, -0.25) is 0 Å². The van der Waals surface area contributed by atoms with E-state index in [2.05, 4.69) is 87.4 Å². The van der Waals surface area contributed by atoms with Crippen LogP contribution in [0.3, 0.4) is 0 Å². The highest BCUT2D eigenvalue weighted by Crippen LogP contribution is 2.31. The minimum Gasteiger partial charge on any atom is -0.306 e. The molecule has 0 aromatic heterocycles. The molecule has 1 N–H and O–H groups in total. The zero-order chi connectivity index (χ0) is 13.8. The van der Waals surface area contributed by atoms with Gasteiger partial charge in [0.1, 0.15) is 0 Å². The van der Waals surface area contributed by atoms with Gasteiger partial charge in [-0.1, -0.05) is 68.6 Å². The first-order chi connectivity index (χ1) is 9.11. The molecule has 0 aliphatic carbocycles. The summed E-state index contributed by atoms with van der Waals surface area (Å²) in [5.74, 6) is 0. The molecule has 100 valence electrons. The Balaban J connectivity index is 2.44. The van der Waals surface area contributed by atoms with Gasteiger partial charge in [-0.15, -0.1) is 0 Å². The standard InChI is InChI=1S/C16H17Br2N/c1-3-19-16(12-6-4-11(2)5-7-12)14-10-13(17)8-9-15(14)18/h4-10,16,19H,3H2,1-2H3. The van der Waals surface area contributed by atoms with Gasteiger partial charge >= 0.3 is 0 Å². The van der Waals surface area contributed by atoms with E-state index in [1.54, 1.807) is 0 Å². The molecule has 0 spiro atoms. The zero-order valence-corrected chi connectivity index (χ0v) is 14.3. The molecule has 19 heavy (non-hydrogen) atoms. The van der Waals surface area contributed by atoms with Gasteiger partial charge in [-0.05, 0) is 42.8 Å². The lowest BCUT2D eigenvalue weighted by atomic mass is 9.98. The molecule has 0 amide bonds. The molecule has 3 heteroatoms. The van der Waals surface area contributed by atoms with Crippen molar-refractivity contribution in [3.63, 3.8) is 0 Å². The number of hydrogen-bond acceptors (Lipinski definition) is 1. The fourth-order valence-corrected chi connectivity index (χ4v) is 2.96. The maximum atomic E-state index is 3.65. The Morgan fingerprint density at radius 1 is 1.05 bits per heavy atom. The Hall–Kier alpha value is -0.640. The second-order valence-electron chi connectivity index (χ2n) is 4.57. The van der Waals surface area contributed by atoms with E-state index in [1.165, 1.54) is 16.7 Å². The van der Waals surface area contributed by atoms with E-state index in [9.17, 15) is 0 Å². The van der Waals surface area contributed by atoms with Gasteiger partial charge in [0, 0.05) is 8.95 Å². The molecule has 0 fully saturated rings. The van der Waals surface area contributed by atoms with Gasteiger partial charge in [-0.25, -0.2) is 0 Å². The summed E-state index contributed by atoms with van der Waals surface area (Å²) in [4.78, 5) is 0. The molecule has 2 aromatic carbocycles. The molecule has 0 aliphatic heterocycles. The highest BCUT2D eigenvalue weighted by molar-refractivity contribution is 9.11. The molecule has 0 saturated carbocycles. The molecule has 0 aliphatic rings. The van der Waals surface area contributed by atoms with E-state index in [4.69, 9.17) is 0 Å². The Morgan fingerprint density at radius 2 is 1.74 bits per heavy atom. The lowest BCUT2D eigenvalue weighted by molar-refractivity contribution is 0.628. The summed E-state index contributed by atoms with van der Waals surface area (Å²) < 4.78 is 2.22. The summed E-state index contributed by atoms with van der Waals surface area (Å²) >= 11 is 7.20. The van der Waals surface area contributed by atoms with Crippen LogP contribution >= 0.6 is 31.9 Å². The van der Waals surface area contributed by atoms with Crippen LogP contribution in [0.1, 0.15) is 29.7 Å². The van der Waals surface area contributed by atoms with Gasteiger partial charge in [0.2, 0.25) is 0 Å². The molecule has 1 unspecified atom stereocenters. The van der Waals surface area contributed by atoms with Crippen LogP contribution in [0.25, 0.3) is 0 Å². The fraction of sp³-hybridized carbons (Fsp3) is 0.250. The summed E-state index contributed by atoms with van der Waals surface area (Å²) in [5, 5.41) is 3.55. The Labute approximate surface area is 131 Å². The first-order valence-corrected chi connectivity index (χ1v) is 7.95. The predicted molar refractivity (Wildman–Crippen MR) is 88.5 cm³/mol. The summed E-state index contributed by atoms with van der Waals surface area (Å²) in [6.45, 7) is 5.17. The summed E-state index contributed by atoms with van der Waals surface area (Å²) in [5.41, 5.74) is 3.82. The molecule has 0 saturated heterocycles. The van der Waals surface area contributed by atoms with Crippen molar-refractivity contribution in [2.24, 2.45) is 0 Å². The largest absolute Gasteiger partial charge is 0.306 e. The Morgan fingerprint density at radius 3 is 2.37 bits per heavy atom. The molecule has 0 radical (unpaired) electrons. The molecule has 0 bridgehead atoms. The topological polar surface area (TPSA) is 12.0 Å². The van der Waals surface area contributed by atoms with Crippen LogP contribution < -0.4 is 5.32 Å². The zero-order valence-electron chi connectivity index (χ0n) is 11.1. The van der Waals surface area contributed by atoms with Crippen LogP contribution in [-0.4, -0.2) is 6.54 Å². The second kappa shape index (κ2) is 6.69. The lowest BCUT2D eigenvalue weighted by Gasteiger charge is -2.21. The van der Waals surface area contributed by atoms with Gasteiger partial charge in [0.05, 0.1) is 6.04 Å². The molecular formula is C16H17Br2N. The maximum absolute atomic E-state index is 3.65. The van der Waals surface area contributed by atoms with Crippen LogP contribution in [0.4, 0.5) is 0 Å². The summed E-state index contributed by atoms with van der Waals surface area (Å²) in [7, 11) is 0. The smallest absolute Gasteiger partial charge is 0.0588 e. The first kappa shape index (κ1) is 14.8. The van der Waals surface area contributed by atoms with Crippen molar-refractivity contribution < 1.29 is 0 Å². The summed E-state index contributed by atoms with van der Waals surface area (Å²) in [6.07, 6.45) is 0. The van der Waals surface area contributed by atoms with E-state index < -0.39 is 0 Å². The van der Waals surface area contributed by atoms with Crippen molar-refractivity contribution in [1.82, 2.24) is 5.32 Å². The normalized spacial score (nSPS) is 12.4. The predicted octanol–water partition coefficient (Wildman–Crippen LogP) is 5.22. The average Bonchev–Trinajstić information content (AvgIpc) is 2.40. The van der Waals surface area contributed by atoms with Gasteiger partial charge in [0.25, 0.3) is 0 Å². The van der Waals surface area contributed by atoms with Crippen molar-refractivity contribution in [2.75, 3.05) is 6.54 Å². The van der Waals surface area contributed by atoms with E-state index in [-0.39, 0.29) is 6.04 Å². The molecule has 0 heterocycles. The van der Waals surface area contributed by atoms with Crippen LogP contribution in [0.2, 0.25) is 0 Å².